The molecule has 7 heteroatoms. The third kappa shape index (κ3) is 3.84. The molecule has 2 unspecified atom stereocenters. The van der Waals surface area contributed by atoms with Crippen molar-refractivity contribution in [2.75, 3.05) is 34.3 Å². The Morgan fingerprint density at radius 2 is 1.73 bits per heavy atom. The minimum absolute atomic E-state index is 0.00271. The predicted molar refractivity (Wildman–Crippen MR) is 133 cm³/mol. The van der Waals surface area contributed by atoms with E-state index in [1.165, 1.54) is 0 Å². The maximum Gasteiger partial charge on any atom is 0.229 e. The molecule has 33 heavy (non-hydrogen) atoms. The molecule has 1 aliphatic carbocycles. The molecule has 3 aromatic carbocycles. The third-order valence-corrected chi connectivity index (χ3v) is 7.41. The molecule has 5 nitrogen and oxygen atoms in total. The van der Waals surface area contributed by atoms with Crippen LogP contribution in [0.4, 0.5) is 21.5 Å². The molecule has 5 rings (SSSR count). The summed E-state index contributed by atoms with van der Waals surface area (Å²) in [5, 5.41) is 3.42. The van der Waals surface area contributed by atoms with Gasteiger partial charge in [-0.3, -0.25) is 4.72 Å². The number of benzene rings is 3. The first-order valence-corrected chi connectivity index (χ1v) is 13.2. The summed E-state index contributed by atoms with van der Waals surface area (Å²) in [6, 6.07) is 17.6. The summed E-state index contributed by atoms with van der Waals surface area (Å²) >= 11 is 0. The number of hydrogen-bond donors (Lipinski definition) is 2. The van der Waals surface area contributed by atoms with Gasteiger partial charge < -0.3 is 10.2 Å². The maximum absolute atomic E-state index is 15.6. The van der Waals surface area contributed by atoms with E-state index >= 15 is 4.39 Å². The minimum Gasteiger partial charge on any atom is -0.375 e. The molecule has 2 N–H and O–H groups in total. The van der Waals surface area contributed by atoms with E-state index in [4.69, 9.17) is 0 Å². The van der Waals surface area contributed by atoms with Gasteiger partial charge in [0.15, 0.2) is 5.82 Å². The van der Waals surface area contributed by atoms with Gasteiger partial charge in [-0.1, -0.05) is 30.3 Å². The van der Waals surface area contributed by atoms with Crippen molar-refractivity contribution in [2.24, 2.45) is 0 Å². The van der Waals surface area contributed by atoms with Crippen LogP contribution in [0.3, 0.4) is 0 Å². The Hall–Kier alpha value is -3.06. The van der Waals surface area contributed by atoms with E-state index < -0.39 is 10.0 Å². The molecule has 0 radical (unpaired) electrons. The molecule has 1 aliphatic heterocycles. The summed E-state index contributed by atoms with van der Waals surface area (Å²) < 4.78 is 41.3. The zero-order chi connectivity index (χ0) is 23.3. The molecule has 0 spiro atoms. The van der Waals surface area contributed by atoms with Gasteiger partial charge in [-0.05, 0) is 66.8 Å². The summed E-state index contributed by atoms with van der Waals surface area (Å²) in [5.41, 5.74) is 6.91. The number of fused-ring (bicyclic) bond motifs is 5. The fourth-order valence-electron chi connectivity index (χ4n) is 5.27. The summed E-state index contributed by atoms with van der Waals surface area (Å²) in [7, 11) is -3.33. The highest BCUT2D eigenvalue weighted by atomic mass is 32.2. The van der Waals surface area contributed by atoms with Crippen LogP contribution >= 0.6 is 0 Å². The zero-order valence-corrected chi connectivity index (χ0v) is 19.8. The van der Waals surface area contributed by atoms with E-state index in [1.807, 2.05) is 36.4 Å². The number of hydrogen-bond acceptors (Lipinski definition) is 4. The Kier molecular flexibility index (Phi) is 5.32. The average molecular weight is 466 g/mol. The molecule has 2 atom stereocenters. The second-order valence-corrected chi connectivity index (χ2v) is 10.6. The number of rotatable bonds is 6. The lowest BCUT2D eigenvalue weighted by atomic mass is 9.93. The fraction of sp³-hybridized carbons (Fsp3) is 0.308. The van der Waals surface area contributed by atoms with Gasteiger partial charge in [0.2, 0.25) is 10.0 Å². The van der Waals surface area contributed by atoms with Crippen LogP contribution in [0.1, 0.15) is 42.5 Å². The van der Waals surface area contributed by atoms with Crippen LogP contribution in [-0.4, -0.2) is 27.8 Å². The SMILES string of the molecule is CCN(CC)c1ccc(-c2ccc3c(c2F)NC2c4ccc(NS(C)(=O)=O)cc4CC32)cc1. The monoisotopic (exact) mass is 465 g/mol. The Labute approximate surface area is 194 Å². The van der Waals surface area contributed by atoms with Crippen molar-refractivity contribution in [3.05, 3.63) is 77.1 Å². The van der Waals surface area contributed by atoms with E-state index in [1.54, 1.807) is 6.07 Å². The standard InChI is InChI=1S/C26H28FN3O2S/c1-4-30(5-2)19-9-6-16(7-10-19)20-12-13-22-23-15-17-14-18(29-33(3,31)32)8-11-21(17)25(23)28-26(22)24(20)27/h6-14,23,25,28-29H,4-5,15H2,1-3H3. The zero-order valence-electron chi connectivity index (χ0n) is 19.0. The number of anilines is 3. The van der Waals surface area contributed by atoms with Crippen molar-refractivity contribution in [1.29, 1.82) is 0 Å². The largest absolute Gasteiger partial charge is 0.375 e. The van der Waals surface area contributed by atoms with Crippen molar-refractivity contribution in [2.45, 2.75) is 32.2 Å². The van der Waals surface area contributed by atoms with Crippen LogP contribution in [0.15, 0.2) is 54.6 Å². The van der Waals surface area contributed by atoms with E-state index in [2.05, 4.69) is 40.9 Å². The molecule has 3 aromatic rings. The second kappa shape index (κ2) is 8.06. The first-order valence-electron chi connectivity index (χ1n) is 11.3. The summed E-state index contributed by atoms with van der Waals surface area (Å²) in [4.78, 5) is 2.26. The minimum atomic E-state index is -3.33. The predicted octanol–water partition coefficient (Wildman–Crippen LogP) is 5.52. The number of sulfonamides is 1. The van der Waals surface area contributed by atoms with Gasteiger partial charge in [0, 0.05) is 35.9 Å². The van der Waals surface area contributed by atoms with Crippen LogP contribution in [0.5, 0.6) is 0 Å². The van der Waals surface area contributed by atoms with Gasteiger partial charge in [0.05, 0.1) is 18.0 Å². The lowest BCUT2D eigenvalue weighted by Gasteiger charge is -2.21. The van der Waals surface area contributed by atoms with Gasteiger partial charge >= 0.3 is 0 Å². The van der Waals surface area contributed by atoms with Gasteiger partial charge in [0.25, 0.3) is 0 Å². The van der Waals surface area contributed by atoms with Crippen LogP contribution in [0.2, 0.25) is 0 Å². The molecule has 0 fully saturated rings. The average Bonchev–Trinajstić information content (AvgIpc) is 3.31. The lowest BCUT2D eigenvalue weighted by Crippen LogP contribution is -2.21. The highest BCUT2D eigenvalue weighted by Gasteiger charge is 2.41. The number of nitrogens with zero attached hydrogens (tertiary/aromatic N) is 1. The van der Waals surface area contributed by atoms with Crippen molar-refractivity contribution in [3.63, 3.8) is 0 Å². The van der Waals surface area contributed by atoms with E-state index in [0.717, 1.165) is 53.7 Å². The van der Waals surface area contributed by atoms with Crippen molar-refractivity contribution in [3.8, 4) is 11.1 Å². The molecule has 2 aliphatic rings. The van der Waals surface area contributed by atoms with E-state index in [9.17, 15) is 8.42 Å². The molecular weight excluding hydrogens is 437 g/mol. The third-order valence-electron chi connectivity index (χ3n) is 6.80. The molecule has 0 saturated carbocycles. The topological polar surface area (TPSA) is 61.4 Å². The molecular formula is C26H28FN3O2S. The van der Waals surface area contributed by atoms with Crippen LogP contribution in [-0.2, 0) is 16.4 Å². The van der Waals surface area contributed by atoms with Gasteiger partial charge in [0.1, 0.15) is 0 Å². The van der Waals surface area contributed by atoms with Crippen molar-refractivity contribution >= 4 is 27.1 Å². The highest BCUT2D eigenvalue weighted by molar-refractivity contribution is 7.92. The molecule has 0 bridgehead atoms. The first kappa shape index (κ1) is 21.8. The highest BCUT2D eigenvalue weighted by Crippen LogP contribution is 2.53. The van der Waals surface area contributed by atoms with Crippen LogP contribution in [0.25, 0.3) is 11.1 Å². The lowest BCUT2D eigenvalue weighted by molar-refractivity contribution is 0.607. The number of halogens is 1. The molecule has 0 saturated heterocycles. The number of nitrogens with one attached hydrogen (secondary N) is 2. The van der Waals surface area contributed by atoms with E-state index in [-0.39, 0.29) is 17.8 Å². The normalized spacial score (nSPS) is 18.3. The smallest absolute Gasteiger partial charge is 0.229 e. The Balaban J connectivity index is 1.43. The Morgan fingerprint density at radius 1 is 1.03 bits per heavy atom. The van der Waals surface area contributed by atoms with Gasteiger partial charge in [-0.25, -0.2) is 12.8 Å². The second-order valence-electron chi connectivity index (χ2n) is 8.83. The van der Waals surface area contributed by atoms with Crippen molar-refractivity contribution in [1.82, 2.24) is 0 Å². The quantitative estimate of drug-likeness (QED) is 0.503. The molecule has 172 valence electrons. The van der Waals surface area contributed by atoms with E-state index in [0.29, 0.717) is 16.9 Å². The summed E-state index contributed by atoms with van der Waals surface area (Å²) in [5.74, 6) is -0.0773. The Morgan fingerprint density at radius 3 is 2.39 bits per heavy atom. The summed E-state index contributed by atoms with van der Waals surface area (Å²) in [6.45, 7) is 6.12. The molecule has 0 aromatic heterocycles. The maximum atomic E-state index is 15.6. The van der Waals surface area contributed by atoms with Gasteiger partial charge in [-0.15, -0.1) is 0 Å². The first-order chi connectivity index (χ1) is 15.8. The van der Waals surface area contributed by atoms with Gasteiger partial charge in [-0.2, -0.15) is 0 Å². The van der Waals surface area contributed by atoms with Crippen LogP contribution < -0.4 is 14.9 Å². The van der Waals surface area contributed by atoms with Crippen molar-refractivity contribution < 1.29 is 12.8 Å². The summed E-state index contributed by atoms with van der Waals surface area (Å²) in [6.07, 6.45) is 1.89. The fourth-order valence-corrected chi connectivity index (χ4v) is 5.82. The van der Waals surface area contributed by atoms with Crippen LogP contribution in [0, 0.1) is 5.82 Å². The Bertz CT molecular complexity index is 1320. The molecule has 0 amide bonds. The molecule has 1 heterocycles.